The molecule has 0 fully saturated rings. The molecule has 4 heteroatoms. The Balaban J connectivity index is 1.91. The van der Waals surface area contributed by atoms with E-state index in [1.165, 1.54) is 16.5 Å². The number of ether oxygens (including phenoxy) is 2. The standard InChI is InChI=1S/C26H26N2O2/c1-29-24-13-7-19-8-14-25(30-2)23(16-18-5-11-21(28)12-6-18)26(19)22(24)15-17-3-9-20(27)10-4-17/h3-14H,15-16,27-28H2,1-2H3. The predicted molar refractivity (Wildman–Crippen MR) is 124 cm³/mol. The molecule has 0 heterocycles. The minimum atomic E-state index is 0.739. The first-order chi connectivity index (χ1) is 14.6. The molecule has 0 amide bonds. The van der Waals surface area contributed by atoms with Gasteiger partial charge < -0.3 is 20.9 Å². The van der Waals surface area contributed by atoms with Crippen LogP contribution in [0, 0.1) is 0 Å². The van der Waals surface area contributed by atoms with Crippen molar-refractivity contribution in [3.05, 3.63) is 95.1 Å². The third kappa shape index (κ3) is 3.90. The van der Waals surface area contributed by atoms with Gasteiger partial charge in [-0.15, -0.1) is 0 Å². The van der Waals surface area contributed by atoms with Gasteiger partial charge in [0.25, 0.3) is 0 Å². The van der Waals surface area contributed by atoms with E-state index < -0.39 is 0 Å². The number of fused-ring (bicyclic) bond motifs is 1. The number of benzene rings is 4. The Labute approximate surface area is 177 Å². The third-order valence-corrected chi connectivity index (χ3v) is 5.48. The Bertz CT molecular complexity index is 1080. The van der Waals surface area contributed by atoms with Gasteiger partial charge in [-0.05, 0) is 58.3 Å². The van der Waals surface area contributed by atoms with Gasteiger partial charge in [0.1, 0.15) is 11.5 Å². The maximum atomic E-state index is 5.88. The van der Waals surface area contributed by atoms with Crippen molar-refractivity contribution in [1.29, 1.82) is 0 Å². The number of anilines is 2. The molecule has 0 radical (unpaired) electrons. The van der Waals surface area contributed by atoms with Crippen molar-refractivity contribution >= 4 is 22.1 Å². The van der Waals surface area contributed by atoms with Crippen molar-refractivity contribution in [3.63, 3.8) is 0 Å². The fourth-order valence-corrected chi connectivity index (χ4v) is 3.94. The summed E-state index contributed by atoms with van der Waals surface area (Å²) >= 11 is 0. The lowest BCUT2D eigenvalue weighted by Gasteiger charge is -2.18. The zero-order valence-corrected chi connectivity index (χ0v) is 17.3. The normalized spacial score (nSPS) is 10.9. The van der Waals surface area contributed by atoms with Gasteiger partial charge in [-0.1, -0.05) is 36.4 Å². The Hall–Kier alpha value is -3.66. The summed E-state index contributed by atoms with van der Waals surface area (Å²) in [6, 6.07) is 24.3. The Morgan fingerprint density at radius 3 is 1.33 bits per heavy atom. The molecule has 4 N–H and O–H groups in total. The molecule has 0 unspecified atom stereocenters. The van der Waals surface area contributed by atoms with E-state index in [4.69, 9.17) is 20.9 Å². The zero-order chi connectivity index (χ0) is 21.1. The smallest absolute Gasteiger partial charge is 0.123 e. The average Bonchev–Trinajstić information content (AvgIpc) is 2.77. The highest BCUT2D eigenvalue weighted by molar-refractivity contribution is 5.93. The van der Waals surface area contributed by atoms with E-state index in [0.717, 1.165) is 52.2 Å². The molecule has 0 atom stereocenters. The van der Waals surface area contributed by atoms with Crippen LogP contribution in [-0.4, -0.2) is 14.2 Å². The monoisotopic (exact) mass is 398 g/mol. The lowest BCUT2D eigenvalue weighted by atomic mass is 9.90. The van der Waals surface area contributed by atoms with E-state index in [-0.39, 0.29) is 0 Å². The van der Waals surface area contributed by atoms with Gasteiger partial charge in [-0.3, -0.25) is 0 Å². The molecule has 4 nitrogen and oxygen atoms in total. The summed E-state index contributed by atoms with van der Waals surface area (Å²) in [7, 11) is 3.43. The average molecular weight is 399 g/mol. The second kappa shape index (κ2) is 8.37. The third-order valence-electron chi connectivity index (χ3n) is 5.48. The highest BCUT2D eigenvalue weighted by Crippen LogP contribution is 2.37. The number of methoxy groups -OCH3 is 2. The lowest BCUT2D eigenvalue weighted by Crippen LogP contribution is -2.01. The van der Waals surface area contributed by atoms with Gasteiger partial charge in [0, 0.05) is 35.3 Å². The van der Waals surface area contributed by atoms with Crippen LogP contribution in [0.1, 0.15) is 22.3 Å². The molecule has 152 valence electrons. The first-order valence-electron chi connectivity index (χ1n) is 9.93. The fraction of sp³-hybridized carbons (Fsp3) is 0.154. The van der Waals surface area contributed by atoms with Crippen LogP contribution in [0.4, 0.5) is 11.4 Å². The molecule has 0 aliphatic carbocycles. The van der Waals surface area contributed by atoms with E-state index in [2.05, 4.69) is 36.4 Å². The van der Waals surface area contributed by atoms with Crippen molar-refractivity contribution in [1.82, 2.24) is 0 Å². The van der Waals surface area contributed by atoms with Crippen molar-refractivity contribution in [3.8, 4) is 11.5 Å². The maximum Gasteiger partial charge on any atom is 0.123 e. The van der Waals surface area contributed by atoms with Gasteiger partial charge in [0.2, 0.25) is 0 Å². The Morgan fingerprint density at radius 2 is 0.967 bits per heavy atom. The van der Waals surface area contributed by atoms with Crippen molar-refractivity contribution < 1.29 is 9.47 Å². The Morgan fingerprint density at radius 1 is 0.567 bits per heavy atom. The molecule has 0 spiro atoms. The van der Waals surface area contributed by atoms with E-state index in [1.54, 1.807) is 14.2 Å². The van der Waals surface area contributed by atoms with Crippen LogP contribution in [0.25, 0.3) is 10.8 Å². The number of nitrogens with two attached hydrogens (primary N) is 2. The van der Waals surface area contributed by atoms with Crippen LogP contribution in [0.2, 0.25) is 0 Å². The summed E-state index contributed by atoms with van der Waals surface area (Å²) in [5.74, 6) is 1.73. The highest BCUT2D eigenvalue weighted by atomic mass is 16.5. The van der Waals surface area contributed by atoms with Gasteiger partial charge in [0.05, 0.1) is 14.2 Å². The van der Waals surface area contributed by atoms with E-state index in [9.17, 15) is 0 Å². The molecular weight excluding hydrogens is 372 g/mol. The SMILES string of the molecule is COc1ccc2ccc(OC)c(Cc3ccc(N)cc3)c2c1Cc1ccc(N)cc1. The number of rotatable bonds is 6. The molecule has 30 heavy (non-hydrogen) atoms. The fourth-order valence-electron chi connectivity index (χ4n) is 3.94. The quantitative estimate of drug-likeness (QED) is 0.438. The van der Waals surface area contributed by atoms with Crippen LogP contribution in [0.15, 0.2) is 72.8 Å². The summed E-state index contributed by atoms with van der Waals surface area (Å²) < 4.78 is 11.5. The van der Waals surface area contributed by atoms with E-state index in [1.807, 2.05) is 36.4 Å². The highest BCUT2D eigenvalue weighted by Gasteiger charge is 2.17. The summed E-state index contributed by atoms with van der Waals surface area (Å²) in [5.41, 5.74) is 17.9. The topological polar surface area (TPSA) is 70.5 Å². The van der Waals surface area contributed by atoms with Crippen molar-refractivity contribution in [2.45, 2.75) is 12.8 Å². The molecule has 4 rings (SSSR count). The molecule has 4 aromatic carbocycles. The molecule has 0 aliphatic rings. The Kier molecular flexibility index (Phi) is 5.48. The first-order valence-corrected chi connectivity index (χ1v) is 9.93. The molecule has 0 bridgehead atoms. The minimum Gasteiger partial charge on any atom is -0.496 e. The predicted octanol–water partition coefficient (Wildman–Crippen LogP) is 5.20. The second-order valence-electron chi connectivity index (χ2n) is 7.43. The van der Waals surface area contributed by atoms with E-state index >= 15 is 0 Å². The number of nitrogen functional groups attached to an aromatic ring is 2. The van der Waals surface area contributed by atoms with Crippen molar-refractivity contribution in [2.24, 2.45) is 0 Å². The van der Waals surface area contributed by atoms with Crippen LogP contribution in [0.3, 0.4) is 0 Å². The summed E-state index contributed by atoms with van der Waals surface area (Å²) in [6.07, 6.45) is 1.48. The lowest BCUT2D eigenvalue weighted by molar-refractivity contribution is 0.409. The summed E-state index contributed by atoms with van der Waals surface area (Å²) in [5, 5.41) is 2.33. The molecule has 0 aromatic heterocycles. The zero-order valence-electron chi connectivity index (χ0n) is 17.3. The largest absolute Gasteiger partial charge is 0.496 e. The minimum absolute atomic E-state index is 0.739. The second-order valence-corrected chi connectivity index (χ2v) is 7.43. The van der Waals surface area contributed by atoms with Gasteiger partial charge in [0.15, 0.2) is 0 Å². The molecule has 0 saturated carbocycles. The number of hydrogen-bond donors (Lipinski definition) is 2. The molecule has 0 saturated heterocycles. The van der Waals surface area contributed by atoms with Gasteiger partial charge in [-0.25, -0.2) is 0 Å². The van der Waals surface area contributed by atoms with Crippen LogP contribution >= 0.6 is 0 Å². The first kappa shape index (κ1) is 19.6. The van der Waals surface area contributed by atoms with Gasteiger partial charge in [-0.2, -0.15) is 0 Å². The van der Waals surface area contributed by atoms with Crippen LogP contribution in [-0.2, 0) is 12.8 Å². The van der Waals surface area contributed by atoms with Crippen LogP contribution < -0.4 is 20.9 Å². The molecule has 4 aromatic rings. The molecule has 0 aliphatic heterocycles. The van der Waals surface area contributed by atoms with Crippen LogP contribution in [0.5, 0.6) is 11.5 Å². The number of hydrogen-bond acceptors (Lipinski definition) is 4. The summed E-state index contributed by atoms with van der Waals surface area (Å²) in [6.45, 7) is 0. The van der Waals surface area contributed by atoms with E-state index in [0.29, 0.717) is 0 Å². The maximum absolute atomic E-state index is 5.88. The van der Waals surface area contributed by atoms with Gasteiger partial charge >= 0.3 is 0 Å². The molecular formula is C26H26N2O2. The summed E-state index contributed by atoms with van der Waals surface area (Å²) in [4.78, 5) is 0. The van der Waals surface area contributed by atoms with Crippen molar-refractivity contribution in [2.75, 3.05) is 25.7 Å².